The van der Waals surface area contributed by atoms with Gasteiger partial charge in [-0.05, 0) is 20.4 Å². The molecule has 0 spiro atoms. The van der Waals surface area contributed by atoms with Gasteiger partial charge in [-0.25, -0.2) is 0 Å². The Morgan fingerprint density at radius 3 is 2.62 bits per heavy atom. The maximum absolute atomic E-state index is 5.37. The second-order valence-corrected chi connectivity index (χ2v) is 3.55. The summed E-state index contributed by atoms with van der Waals surface area (Å²) < 4.78 is 10.7. The van der Waals surface area contributed by atoms with Crippen molar-refractivity contribution < 1.29 is 9.47 Å². The molecular weight excluding hydrogens is 166 g/mol. The van der Waals surface area contributed by atoms with Crippen LogP contribution in [0.25, 0.3) is 0 Å². The van der Waals surface area contributed by atoms with Crippen LogP contribution in [0, 0.1) is 0 Å². The molecule has 1 fully saturated rings. The predicted molar refractivity (Wildman–Crippen MR) is 52.6 cm³/mol. The minimum Gasteiger partial charge on any atom is -0.350 e. The summed E-state index contributed by atoms with van der Waals surface area (Å²) in [7, 11) is 1.96. The topological polar surface area (TPSA) is 30.5 Å². The maximum atomic E-state index is 5.37. The molecule has 13 heavy (non-hydrogen) atoms. The molecule has 0 aliphatic carbocycles. The van der Waals surface area contributed by atoms with Gasteiger partial charge in [0, 0.05) is 12.5 Å². The third kappa shape index (κ3) is 3.89. The van der Waals surface area contributed by atoms with Crippen LogP contribution in [-0.4, -0.2) is 32.6 Å². The average molecular weight is 185 g/mol. The van der Waals surface area contributed by atoms with E-state index >= 15 is 0 Å². The molecule has 3 nitrogen and oxygen atoms in total. The van der Waals surface area contributed by atoms with Crippen LogP contribution in [0.5, 0.6) is 0 Å². The summed E-state index contributed by atoms with van der Waals surface area (Å²) in [6.45, 7) is 7.40. The smallest absolute Gasteiger partial charge is 0.159 e. The fraction of sp³-hybridized carbons (Fsp3) is 0.800. The molecule has 1 aliphatic rings. The third-order valence-electron chi connectivity index (χ3n) is 2.17. The molecule has 1 rings (SSSR count). The lowest BCUT2D eigenvalue weighted by Gasteiger charge is -2.19. The summed E-state index contributed by atoms with van der Waals surface area (Å²) in [4.78, 5) is 0. The number of hydrogen-bond acceptors (Lipinski definition) is 3. The van der Waals surface area contributed by atoms with Crippen LogP contribution in [0.2, 0.25) is 0 Å². The molecular formula is C10H19NO2. The molecule has 0 radical (unpaired) electrons. The van der Waals surface area contributed by atoms with Gasteiger partial charge in [-0.3, -0.25) is 0 Å². The quantitative estimate of drug-likeness (QED) is 0.655. The molecule has 1 aliphatic heterocycles. The van der Waals surface area contributed by atoms with Crippen molar-refractivity contribution in [3.05, 3.63) is 12.2 Å². The van der Waals surface area contributed by atoms with Crippen molar-refractivity contribution >= 4 is 0 Å². The van der Waals surface area contributed by atoms with Gasteiger partial charge in [-0.1, -0.05) is 5.57 Å². The highest BCUT2D eigenvalue weighted by Gasteiger charge is 2.20. The number of hydrogen-bond donors (Lipinski definition) is 1. The molecule has 1 heterocycles. The van der Waals surface area contributed by atoms with E-state index in [4.69, 9.17) is 9.47 Å². The summed E-state index contributed by atoms with van der Waals surface area (Å²) in [5.74, 6) is 0. The summed E-state index contributed by atoms with van der Waals surface area (Å²) in [6.07, 6.45) is 1.88. The largest absolute Gasteiger partial charge is 0.350 e. The summed E-state index contributed by atoms with van der Waals surface area (Å²) in [6, 6.07) is 0.417. The molecule has 0 amide bonds. The zero-order valence-electron chi connectivity index (χ0n) is 8.51. The monoisotopic (exact) mass is 185 g/mol. The minimum absolute atomic E-state index is 0.0169. The van der Waals surface area contributed by atoms with E-state index in [0.29, 0.717) is 6.04 Å². The van der Waals surface area contributed by atoms with E-state index in [0.717, 1.165) is 26.1 Å². The molecule has 1 atom stereocenters. The Morgan fingerprint density at radius 2 is 2.15 bits per heavy atom. The zero-order chi connectivity index (χ0) is 9.68. The molecule has 1 unspecified atom stereocenters. The van der Waals surface area contributed by atoms with E-state index in [9.17, 15) is 0 Å². The van der Waals surface area contributed by atoms with Crippen LogP contribution >= 0.6 is 0 Å². The third-order valence-corrected chi connectivity index (χ3v) is 2.17. The molecule has 76 valence electrons. The highest BCUT2D eigenvalue weighted by Crippen LogP contribution is 2.14. The van der Waals surface area contributed by atoms with Crippen LogP contribution in [-0.2, 0) is 9.47 Å². The zero-order valence-corrected chi connectivity index (χ0v) is 8.51. The first-order valence-electron chi connectivity index (χ1n) is 4.77. The van der Waals surface area contributed by atoms with Gasteiger partial charge in [0.15, 0.2) is 6.29 Å². The van der Waals surface area contributed by atoms with E-state index in [1.54, 1.807) is 0 Å². The second kappa shape index (κ2) is 5.37. The Kier molecular flexibility index (Phi) is 4.42. The molecule has 0 saturated carbocycles. The molecule has 0 aromatic rings. The lowest BCUT2D eigenvalue weighted by atomic mass is 10.1. The molecule has 0 aromatic heterocycles. The molecule has 0 bridgehead atoms. The normalized spacial score (nSPS) is 20.5. The Morgan fingerprint density at radius 1 is 1.54 bits per heavy atom. The Balaban J connectivity index is 2.25. The van der Waals surface area contributed by atoms with Crippen molar-refractivity contribution in [2.45, 2.75) is 32.1 Å². The van der Waals surface area contributed by atoms with Gasteiger partial charge in [-0.2, -0.15) is 0 Å². The van der Waals surface area contributed by atoms with Crippen molar-refractivity contribution in [1.29, 1.82) is 0 Å². The fourth-order valence-electron chi connectivity index (χ4n) is 1.50. The number of ether oxygens (including phenoxy) is 2. The molecule has 0 aromatic carbocycles. The van der Waals surface area contributed by atoms with E-state index in [2.05, 4.69) is 11.9 Å². The van der Waals surface area contributed by atoms with Crippen LogP contribution in [0.4, 0.5) is 0 Å². The molecule has 1 saturated heterocycles. The summed E-state index contributed by atoms with van der Waals surface area (Å²) >= 11 is 0. The predicted octanol–water partition coefficient (Wildman–Crippen LogP) is 1.30. The van der Waals surface area contributed by atoms with E-state index in [-0.39, 0.29) is 6.29 Å². The minimum atomic E-state index is -0.0169. The van der Waals surface area contributed by atoms with Gasteiger partial charge in [-0.15, -0.1) is 6.58 Å². The Hall–Kier alpha value is -0.380. The van der Waals surface area contributed by atoms with Crippen LogP contribution < -0.4 is 5.32 Å². The van der Waals surface area contributed by atoms with Crippen LogP contribution in [0.3, 0.4) is 0 Å². The SMILES string of the molecule is C=C(C)CC(CC1OCCO1)NC. The van der Waals surface area contributed by atoms with Crippen LogP contribution in [0.15, 0.2) is 12.2 Å². The van der Waals surface area contributed by atoms with Gasteiger partial charge < -0.3 is 14.8 Å². The molecule has 1 N–H and O–H groups in total. The van der Waals surface area contributed by atoms with Gasteiger partial charge in [0.2, 0.25) is 0 Å². The van der Waals surface area contributed by atoms with E-state index < -0.39 is 0 Å². The number of nitrogens with one attached hydrogen (secondary N) is 1. The average Bonchev–Trinajstić information content (AvgIpc) is 2.55. The summed E-state index contributed by atoms with van der Waals surface area (Å²) in [5.41, 5.74) is 1.19. The first-order chi connectivity index (χ1) is 6.22. The number of rotatable bonds is 5. The highest BCUT2D eigenvalue weighted by atomic mass is 16.7. The van der Waals surface area contributed by atoms with Gasteiger partial charge in [0.05, 0.1) is 13.2 Å². The Bertz CT molecular complexity index is 164. The standard InChI is InChI=1S/C10H19NO2/c1-8(2)6-9(11-3)7-10-12-4-5-13-10/h9-11H,1,4-7H2,2-3H3. The van der Waals surface area contributed by atoms with Crippen molar-refractivity contribution in [1.82, 2.24) is 5.32 Å². The fourth-order valence-corrected chi connectivity index (χ4v) is 1.50. The highest BCUT2D eigenvalue weighted by molar-refractivity contribution is 4.92. The lowest BCUT2D eigenvalue weighted by molar-refractivity contribution is -0.0522. The van der Waals surface area contributed by atoms with Crippen molar-refractivity contribution in [3.8, 4) is 0 Å². The maximum Gasteiger partial charge on any atom is 0.159 e. The van der Waals surface area contributed by atoms with Crippen molar-refractivity contribution in [2.24, 2.45) is 0 Å². The van der Waals surface area contributed by atoms with Crippen LogP contribution in [0.1, 0.15) is 19.8 Å². The second-order valence-electron chi connectivity index (χ2n) is 3.55. The van der Waals surface area contributed by atoms with Gasteiger partial charge >= 0.3 is 0 Å². The van der Waals surface area contributed by atoms with Gasteiger partial charge in [0.1, 0.15) is 0 Å². The molecule has 3 heteroatoms. The lowest BCUT2D eigenvalue weighted by Crippen LogP contribution is -2.30. The first kappa shape index (κ1) is 10.7. The Labute approximate surface area is 80.1 Å². The van der Waals surface area contributed by atoms with Crippen molar-refractivity contribution in [2.75, 3.05) is 20.3 Å². The van der Waals surface area contributed by atoms with Crippen molar-refractivity contribution in [3.63, 3.8) is 0 Å². The van der Waals surface area contributed by atoms with E-state index in [1.165, 1.54) is 5.57 Å². The summed E-state index contributed by atoms with van der Waals surface area (Å²) in [5, 5.41) is 3.24. The van der Waals surface area contributed by atoms with Gasteiger partial charge in [0.25, 0.3) is 0 Å². The first-order valence-corrected chi connectivity index (χ1v) is 4.77. The van der Waals surface area contributed by atoms with E-state index in [1.807, 2.05) is 14.0 Å².